The van der Waals surface area contributed by atoms with Crippen LogP contribution in [0.1, 0.15) is 12.5 Å². The maximum Gasteiger partial charge on any atom is 0.269 e. The normalized spacial score (nSPS) is 20.2. The minimum atomic E-state index is 0.00506. The summed E-state index contributed by atoms with van der Waals surface area (Å²) >= 11 is 3.13. The number of fused-ring (bicyclic) bond motifs is 1. The Bertz CT molecular complexity index is 969. The molecule has 1 amide bonds. The molecule has 4 rings (SSSR count). The third-order valence-corrected chi connectivity index (χ3v) is 6.95. The van der Waals surface area contributed by atoms with Gasteiger partial charge in [0, 0.05) is 18.0 Å². The van der Waals surface area contributed by atoms with Crippen LogP contribution in [0.2, 0.25) is 0 Å². The zero-order valence-corrected chi connectivity index (χ0v) is 17.3. The van der Waals surface area contributed by atoms with Crippen LogP contribution in [0.3, 0.4) is 0 Å². The smallest absolute Gasteiger partial charge is 0.269 e. The molecule has 0 unspecified atom stereocenters. The summed E-state index contributed by atoms with van der Waals surface area (Å²) in [5.74, 6) is 0.00506. The molecule has 2 aromatic carbocycles. The number of carbonyl (C=O) groups is 1. The van der Waals surface area contributed by atoms with Crippen LogP contribution in [-0.4, -0.2) is 29.1 Å². The van der Waals surface area contributed by atoms with Crippen LogP contribution in [0, 0.1) is 0 Å². The lowest BCUT2D eigenvalue weighted by Crippen LogP contribution is -2.30. The van der Waals surface area contributed by atoms with E-state index in [0.29, 0.717) is 13.1 Å². The lowest BCUT2D eigenvalue weighted by atomic mass is 10.2. The molecule has 0 bridgehead atoms. The fourth-order valence-corrected chi connectivity index (χ4v) is 5.58. The molecule has 2 aromatic rings. The molecular formula is C22H21N3OS2. The molecule has 2 aliphatic heterocycles. The van der Waals surface area contributed by atoms with E-state index in [0.717, 1.165) is 32.9 Å². The molecule has 1 fully saturated rings. The van der Waals surface area contributed by atoms with E-state index >= 15 is 0 Å². The predicted octanol–water partition coefficient (Wildman–Crippen LogP) is 5.11. The second kappa shape index (κ2) is 8.29. The minimum Gasteiger partial charge on any atom is -0.334 e. The van der Waals surface area contributed by atoms with Gasteiger partial charge in [0.2, 0.25) is 0 Å². The number of anilines is 1. The third kappa shape index (κ3) is 3.50. The van der Waals surface area contributed by atoms with Crippen molar-refractivity contribution in [1.82, 2.24) is 4.90 Å². The number of benzene rings is 2. The van der Waals surface area contributed by atoms with Gasteiger partial charge in [-0.1, -0.05) is 60.3 Å². The van der Waals surface area contributed by atoms with Crippen molar-refractivity contribution in [3.8, 4) is 0 Å². The van der Waals surface area contributed by atoms with E-state index < -0.39 is 0 Å². The Morgan fingerprint density at radius 2 is 1.79 bits per heavy atom. The molecule has 0 atom stereocenters. The molecule has 0 N–H and O–H groups in total. The van der Waals surface area contributed by atoms with Crippen molar-refractivity contribution in [2.45, 2.75) is 18.4 Å². The van der Waals surface area contributed by atoms with Gasteiger partial charge in [-0.2, -0.15) is 0 Å². The topological polar surface area (TPSA) is 35.9 Å². The highest BCUT2D eigenvalue weighted by Gasteiger charge is 2.38. The number of amidine groups is 1. The van der Waals surface area contributed by atoms with Gasteiger partial charge in [0.25, 0.3) is 5.91 Å². The SMILES string of the molecule is C=CCN1C(=O)/C(=C2/Sc3ccccc3N2CC)SC1=NCc1ccccc1. The highest BCUT2D eigenvalue weighted by Crippen LogP contribution is 2.50. The summed E-state index contributed by atoms with van der Waals surface area (Å²) in [4.78, 5) is 23.8. The molecule has 2 heterocycles. The maximum absolute atomic E-state index is 13.2. The van der Waals surface area contributed by atoms with Crippen molar-refractivity contribution in [2.75, 3.05) is 18.0 Å². The molecule has 1 saturated heterocycles. The molecule has 2 aliphatic rings. The monoisotopic (exact) mass is 407 g/mol. The average Bonchev–Trinajstić information content (AvgIpc) is 3.25. The molecule has 0 aliphatic carbocycles. The van der Waals surface area contributed by atoms with Crippen molar-refractivity contribution < 1.29 is 4.79 Å². The van der Waals surface area contributed by atoms with Crippen LogP contribution in [0.15, 0.2) is 87.1 Å². The number of nitrogens with zero attached hydrogens (tertiary/aromatic N) is 3. The van der Waals surface area contributed by atoms with Gasteiger partial charge in [-0.15, -0.1) is 6.58 Å². The first kappa shape index (κ1) is 18.9. The number of aliphatic imine (C=N–C) groups is 1. The van der Waals surface area contributed by atoms with Crippen LogP contribution in [-0.2, 0) is 11.3 Å². The summed E-state index contributed by atoms with van der Waals surface area (Å²) in [6.45, 7) is 7.74. The van der Waals surface area contributed by atoms with Crippen LogP contribution < -0.4 is 4.90 Å². The van der Waals surface area contributed by atoms with Crippen LogP contribution in [0.25, 0.3) is 0 Å². The average molecular weight is 408 g/mol. The lowest BCUT2D eigenvalue weighted by molar-refractivity contribution is -0.121. The molecule has 4 nitrogen and oxygen atoms in total. The van der Waals surface area contributed by atoms with E-state index in [9.17, 15) is 4.79 Å². The fraction of sp³-hybridized carbons (Fsp3) is 0.182. The van der Waals surface area contributed by atoms with Crippen LogP contribution in [0.5, 0.6) is 0 Å². The molecule has 0 radical (unpaired) electrons. The van der Waals surface area contributed by atoms with Crippen LogP contribution in [0.4, 0.5) is 5.69 Å². The lowest BCUT2D eigenvalue weighted by Gasteiger charge is -2.19. The number of rotatable bonds is 5. The third-order valence-electron chi connectivity index (χ3n) is 4.53. The number of amides is 1. The molecule has 0 spiro atoms. The highest BCUT2D eigenvalue weighted by molar-refractivity contribution is 8.19. The zero-order valence-electron chi connectivity index (χ0n) is 15.7. The van der Waals surface area contributed by atoms with Crippen LogP contribution >= 0.6 is 23.5 Å². The summed E-state index contributed by atoms with van der Waals surface area (Å²) in [5, 5.41) is 1.74. The molecular weight excluding hydrogens is 386 g/mol. The largest absolute Gasteiger partial charge is 0.334 e. The first-order valence-corrected chi connectivity index (χ1v) is 10.8. The highest BCUT2D eigenvalue weighted by atomic mass is 32.2. The Hall–Kier alpha value is -2.44. The number of hydrogen-bond donors (Lipinski definition) is 0. The van der Waals surface area contributed by atoms with Gasteiger partial charge in [0.15, 0.2) is 5.17 Å². The van der Waals surface area contributed by atoms with Crippen molar-refractivity contribution in [2.24, 2.45) is 4.99 Å². The predicted molar refractivity (Wildman–Crippen MR) is 119 cm³/mol. The van der Waals surface area contributed by atoms with Crippen molar-refractivity contribution >= 4 is 40.3 Å². The molecule has 6 heteroatoms. The Balaban J connectivity index is 1.68. The van der Waals surface area contributed by atoms with E-state index in [-0.39, 0.29) is 5.91 Å². The first-order valence-electron chi connectivity index (χ1n) is 9.20. The van der Waals surface area contributed by atoms with Gasteiger partial charge in [-0.3, -0.25) is 14.7 Å². The first-order chi connectivity index (χ1) is 13.7. The van der Waals surface area contributed by atoms with E-state index in [4.69, 9.17) is 4.99 Å². The summed E-state index contributed by atoms with van der Waals surface area (Å²) in [6, 6.07) is 18.4. The summed E-state index contributed by atoms with van der Waals surface area (Å²) in [6.07, 6.45) is 1.75. The number of carbonyl (C=O) groups excluding carboxylic acids is 1. The van der Waals surface area contributed by atoms with E-state index in [2.05, 4.69) is 30.5 Å². The fourth-order valence-electron chi connectivity index (χ4n) is 3.20. The Morgan fingerprint density at radius 3 is 2.54 bits per heavy atom. The van der Waals surface area contributed by atoms with Gasteiger partial charge in [-0.25, -0.2) is 0 Å². The maximum atomic E-state index is 13.2. The van der Waals surface area contributed by atoms with Crippen molar-refractivity contribution in [3.05, 3.63) is 82.7 Å². The van der Waals surface area contributed by atoms with E-state index in [1.165, 1.54) is 16.7 Å². The molecule has 142 valence electrons. The zero-order chi connectivity index (χ0) is 19.5. The van der Waals surface area contributed by atoms with Crippen molar-refractivity contribution in [3.63, 3.8) is 0 Å². The summed E-state index contributed by atoms with van der Waals surface area (Å²) in [7, 11) is 0. The Labute approximate surface area is 174 Å². The standard InChI is InChI=1S/C22H21N3OS2/c1-3-14-25-20(26)19(28-22(25)23-15-16-10-6-5-7-11-16)21-24(4-2)17-12-8-9-13-18(17)27-21/h3,5-13H,1,4,14-15H2,2H3/b21-19-,23-22?. The van der Waals surface area contributed by atoms with Gasteiger partial charge in [0.05, 0.1) is 12.2 Å². The quantitative estimate of drug-likeness (QED) is 0.510. The number of hydrogen-bond acceptors (Lipinski definition) is 5. The van der Waals surface area contributed by atoms with E-state index in [1.54, 1.807) is 22.7 Å². The number of thioether (sulfide) groups is 2. The van der Waals surface area contributed by atoms with Gasteiger partial charge >= 0.3 is 0 Å². The van der Waals surface area contributed by atoms with Gasteiger partial charge < -0.3 is 4.90 Å². The summed E-state index contributed by atoms with van der Waals surface area (Å²) < 4.78 is 0. The van der Waals surface area contributed by atoms with Gasteiger partial charge in [-0.05, 0) is 36.4 Å². The van der Waals surface area contributed by atoms with Crippen molar-refractivity contribution in [1.29, 1.82) is 0 Å². The van der Waals surface area contributed by atoms with E-state index in [1.807, 2.05) is 42.5 Å². The second-order valence-electron chi connectivity index (χ2n) is 6.34. The van der Waals surface area contributed by atoms with Gasteiger partial charge in [0.1, 0.15) is 9.93 Å². The molecule has 0 saturated carbocycles. The second-order valence-corrected chi connectivity index (χ2v) is 8.35. The molecule has 28 heavy (non-hydrogen) atoms. The Morgan fingerprint density at radius 1 is 1.04 bits per heavy atom. The minimum absolute atomic E-state index is 0.00506. The molecule has 0 aromatic heterocycles. The summed E-state index contributed by atoms with van der Waals surface area (Å²) in [5.41, 5.74) is 2.29. The number of para-hydroxylation sites is 1. The Kier molecular flexibility index (Phi) is 5.59.